The highest BCUT2D eigenvalue weighted by Crippen LogP contribution is 2.45. The molecule has 1 aliphatic rings. The number of unbranched alkanes of at least 4 members (excludes halogenated alkanes) is 2. The Bertz CT molecular complexity index is 1860. The van der Waals surface area contributed by atoms with E-state index in [1.54, 1.807) is 30.7 Å². The fraction of sp³-hybridized carbons (Fsp3) is 0.250. The summed E-state index contributed by atoms with van der Waals surface area (Å²) in [6.45, 7) is 4.45. The number of hydrogen-bond donors (Lipinski definition) is 1. The van der Waals surface area contributed by atoms with Gasteiger partial charge in [-0.15, -0.1) is 0 Å². The predicted octanol–water partition coefficient (Wildman–Crippen LogP) is 6.46. The van der Waals surface area contributed by atoms with E-state index in [1.807, 2.05) is 54.6 Å². The maximum Gasteiger partial charge on any atom is 0.301 e. The van der Waals surface area contributed by atoms with Gasteiger partial charge in [-0.1, -0.05) is 49.3 Å². The van der Waals surface area contributed by atoms with Gasteiger partial charge in [-0.05, 0) is 61.4 Å². The Morgan fingerprint density at radius 2 is 1.88 bits per heavy atom. The van der Waals surface area contributed by atoms with E-state index < -0.39 is 17.7 Å². The predicted molar refractivity (Wildman–Crippen MR) is 162 cm³/mol. The van der Waals surface area contributed by atoms with Crippen LogP contribution in [0.1, 0.15) is 49.2 Å². The number of methoxy groups -OCH3 is 1. The summed E-state index contributed by atoms with van der Waals surface area (Å²) in [4.78, 5) is 38.2. The van der Waals surface area contributed by atoms with Gasteiger partial charge in [0.1, 0.15) is 22.8 Å². The van der Waals surface area contributed by atoms with Crippen molar-refractivity contribution in [1.82, 2.24) is 14.4 Å². The number of carbonyl (C=O) groups is 2. The molecule has 0 bridgehead atoms. The zero-order chi connectivity index (χ0) is 29.4. The monoisotopic (exact) mass is 582 g/mol. The SMILES string of the molecule is CCCCCOc1cccc(C2/C(=C(\O)c3c(C)nc4ccccn34)C(=O)C(=O)N2c2nc3ccc(OC)cc3s2)c1. The number of ketones is 1. The van der Waals surface area contributed by atoms with Crippen molar-refractivity contribution in [2.24, 2.45) is 0 Å². The summed E-state index contributed by atoms with van der Waals surface area (Å²) in [5.74, 6) is -0.585. The number of nitrogens with zero attached hydrogens (tertiary/aromatic N) is 4. The minimum absolute atomic E-state index is 0.0336. The van der Waals surface area contributed by atoms with Crippen LogP contribution in [0.4, 0.5) is 5.13 Å². The summed E-state index contributed by atoms with van der Waals surface area (Å²) in [6.07, 6.45) is 4.82. The van der Waals surface area contributed by atoms with E-state index in [4.69, 9.17) is 14.5 Å². The molecule has 0 spiro atoms. The number of fused-ring (bicyclic) bond motifs is 2. The molecule has 1 saturated heterocycles. The van der Waals surface area contributed by atoms with Gasteiger partial charge >= 0.3 is 5.91 Å². The Kier molecular flexibility index (Phi) is 7.38. The molecule has 1 fully saturated rings. The number of aliphatic hydroxyl groups excluding tert-OH is 1. The van der Waals surface area contributed by atoms with Gasteiger partial charge in [-0.3, -0.25) is 18.9 Å². The summed E-state index contributed by atoms with van der Waals surface area (Å²) < 4.78 is 13.9. The summed E-state index contributed by atoms with van der Waals surface area (Å²) in [5.41, 5.74) is 2.76. The number of aromatic nitrogens is 3. The lowest BCUT2D eigenvalue weighted by Crippen LogP contribution is -2.29. The number of thiazole rings is 1. The van der Waals surface area contributed by atoms with Crippen LogP contribution in [0.3, 0.4) is 0 Å². The van der Waals surface area contributed by atoms with E-state index in [-0.39, 0.29) is 11.3 Å². The molecule has 10 heteroatoms. The number of ether oxygens (including phenoxy) is 2. The number of imidazole rings is 1. The van der Waals surface area contributed by atoms with Crippen LogP contribution < -0.4 is 14.4 Å². The Morgan fingerprint density at radius 1 is 1.02 bits per heavy atom. The molecule has 4 heterocycles. The third-order valence-electron chi connectivity index (χ3n) is 7.35. The zero-order valence-corrected chi connectivity index (χ0v) is 24.4. The summed E-state index contributed by atoms with van der Waals surface area (Å²) in [7, 11) is 1.58. The first kappa shape index (κ1) is 27.5. The number of aryl methyl sites for hydroxylation is 1. The molecular weight excluding hydrogens is 552 g/mol. The second-order valence-corrected chi connectivity index (χ2v) is 11.1. The smallest absolute Gasteiger partial charge is 0.301 e. The third-order valence-corrected chi connectivity index (χ3v) is 8.37. The van der Waals surface area contributed by atoms with Crippen molar-refractivity contribution in [2.75, 3.05) is 18.6 Å². The summed E-state index contributed by atoms with van der Waals surface area (Å²) in [5, 5.41) is 12.1. The minimum Gasteiger partial charge on any atom is -0.505 e. The Hall–Kier alpha value is -4.70. The molecule has 2 aromatic carbocycles. The second kappa shape index (κ2) is 11.3. The lowest BCUT2D eigenvalue weighted by atomic mass is 9.96. The van der Waals surface area contributed by atoms with E-state index >= 15 is 0 Å². The largest absolute Gasteiger partial charge is 0.505 e. The highest BCUT2D eigenvalue weighted by molar-refractivity contribution is 7.22. The molecule has 0 aliphatic carbocycles. The standard InChI is InChI=1S/C32H30N4O5S/c1-4-5-8-16-41-22-11-9-10-20(17-22)28-26(29(37)27-19(2)33-25-12-6-7-15-35(25)27)30(38)31(39)36(28)32-34-23-14-13-21(40-3)18-24(23)42-32/h6-7,9-15,17-18,28,37H,4-5,8,16H2,1-3H3/b29-26+. The fourth-order valence-corrected chi connectivity index (χ4v) is 6.33. The number of anilines is 1. The average Bonchev–Trinajstić information content (AvgIpc) is 3.65. The summed E-state index contributed by atoms with van der Waals surface area (Å²) >= 11 is 1.28. The van der Waals surface area contributed by atoms with E-state index in [9.17, 15) is 14.7 Å². The van der Waals surface area contributed by atoms with Crippen LogP contribution in [0, 0.1) is 6.92 Å². The van der Waals surface area contributed by atoms with Gasteiger partial charge in [0.25, 0.3) is 5.78 Å². The molecule has 1 unspecified atom stereocenters. The van der Waals surface area contributed by atoms with Gasteiger partial charge in [0.15, 0.2) is 10.9 Å². The maximum atomic E-state index is 13.8. The molecule has 0 radical (unpaired) electrons. The van der Waals surface area contributed by atoms with Crippen molar-refractivity contribution in [3.63, 3.8) is 0 Å². The van der Waals surface area contributed by atoms with Crippen molar-refractivity contribution in [1.29, 1.82) is 0 Å². The van der Waals surface area contributed by atoms with Crippen molar-refractivity contribution in [3.05, 3.63) is 89.4 Å². The van der Waals surface area contributed by atoms with Gasteiger partial charge < -0.3 is 14.6 Å². The number of hydrogen-bond acceptors (Lipinski definition) is 8. The first-order chi connectivity index (χ1) is 20.4. The molecule has 42 heavy (non-hydrogen) atoms. The van der Waals surface area contributed by atoms with Crippen molar-refractivity contribution in [3.8, 4) is 11.5 Å². The number of aliphatic hydroxyl groups is 1. The zero-order valence-electron chi connectivity index (χ0n) is 23.5. The fourth-order valence-electron chi connectivity index (χ4n) is 5.31. The van der Waals surface area contributed by atoms with Crippen molar-refractivity contribution in [2.45, 2.75) is 39.2 Å². The highest BCUT2D eigenvalue weighted by atomic mass is 32.1. The molecule has 1 amide bonds. The van der Waals surface area contributed by atoms with Crippen LogP contribution in [0.15, 0.2) is 72.4 Å². The molecule has 3 aromatic heterocycles. The van der Waals surface area contributed by atoms with E-state index in [0.717, 1.165) is 24.0 Å². The molecule has 5 aromatic rings. The molecule has 1 N–H and O–H groups in total. The Balaban J connectivity index is 1.53. The van der Waals surface area contributed by atoms with Crippen LogP contribution in [-0.2, 0) is 9.59 Å². The number of benzene rings is 2. The molecule has 1 aliphatic heterocycles. The molecule has 1 atom stereocenters. The lowest BCUT2D eigenvalue weighted by molar-refractivity contribution is -0.132. The van der Waals surface area contributed by atoms with Crippen LogP contribution in [0.25, 0.3) is 21.6 Å². The topological polar surface area (TPSA) is 106 Å². The quantitative estimate of drug-likeness (QED) is 0.0921. The summed E-state index contributed by atoms with van der Waals surface area (Å²) in [6, 6.07) is 17.3. The first-order valence-corrected chi connectivity index (χ1v) is 14.6. The van der Waals surface area contributed by atoms with E-state index in [0.29, 0.717) is 51.4 Å². The first-order valence-electron chi connectivity index (χ1n) is 13.8. The molecule has 6 rings (SSSR count). The number of pyridine rings is 1. The van der Waals surface area contributed by atoms with Gasteiger partial charge in [-0.25, -0.2) is 9.97 Å². The lowest BCUT2D eigenvalue weighted by Gasteiger charge is -2.23. The molecular formula is C32H30N4O5S. The maximum absolute atomic E-state index is 13.8. The third kappa shape index (κ3) is 4.77. The van der Waals surface area contributed by atoms with Crippen LogP contribution in [-0.4, -0.2) is 44.9 Å². The van der Waals surface area contributed by atoms with Crippen molar-refractivity contribution >= 4 is 49.8 Å². The van der Waals surface area contributed by atoms with Crippen LogP contribution >= 0.6 is 11.3 Å². The number of rotatable bonds is 9. The Morgan fingerprint density at radius 3 is 2.69 bits per heavy atom. The van der Waals surface area contributed by atoms with Gasteiger partial charge in [-0.2, -0.15) is 0 Å². The molecule has 214 valence electrons. The molecule has 9 nitrogen and oxygen atoms in total. The average molecular weight is 583 g/mol. The second-order valence-electron chi connectivity index (χ2n) is 10.1. The minimum atomic E-state index is -0.944. The van der Waals surface area contributed by atoms with Gasteiger partial charge in [0.2, 0.25) is 0 Å². The van der Waals surface area contributed by atoms with Gasteiger partial charge in [0, 0.05) is 6.20 Å². The normalized spacial score (nSPS) is 16.5. The van der Waals surface area contributed by atoms with E-state index in [2.05, 4.69) is 11.9 Å². The number of carbonyl (C=O) groups excluding carboxylic acids is 2. The van der Waals surface area contributed by atoms with E-state index in [1.165, 1.54) is 16.2 Å². The number of Topliss-reactive ketones (excluding diaryl/α,β-unsaturated/α-hetero) is 1. The van der Waals surface area contributed by atoms with Gasteiger partial charge in [0.05, 0.1) is 41.2 Å². The highest BCUT2D eigenvalue weighted by Gasteiger charge is 2.48. The number of amides is 1. The molecule has 0 saturated carbocycles. The van der Waals surface area contributed by atoms with Crippen LogP contribution in [0.2, 0.25) is 0 Å². The van der Waals surface area contributed by atoms with Crippen LogP contribution in [0.5, 0.6) is 11.5 Å². The van der Waals surface area contributed by atoms with Crippen molar-refractivity contribution < 1.29 is 24.2 Å². The Labute approximate surface area is 246 Å².